The Kier molecular flexibility index (Phi) is 35.3. The van der Waals surface area contributed by atoms with E-state index in [1.54, 1.807) is 6.92 Å². The molecule has 0 heterocycles. The molecule has 3 saturated carbocycles. The summed E-state index contributed by atoms with van der Waals surface area (Å²) in [6.07, 6.45) is -13.5. The van der Waals surface area contributed by atoms with E-state index in [9.17, 15) is 114 Å². The third-order valence-electron chi connectivity index (χ3n) is 17.8. The van der Waals surface area contributed by atoms with Gasteiger partial charge in [-0.1, -0.05) is 36.4 Å². The number of aliphatic hydroxyl groups excluding tert-OH is 9. The lowest BCUT2D eigenvalue weighted by Gasteiger charge is -2.46. The van der Waals surface area contributed by atoms with Crippen molar-refractivity contribution in [3.05, 3.63) is 89.5 Å². The molecule has 33 heteroatoms. The second-order valence-corrected chi connectivity index (χ2v) is 24.6. The number of esters is 6. The van der Waals surface area contributed by atoms with E-state index in [1.807, 2.05) is 0 Å². The molecule has 3 aliphatic carbocycles. The second-order valence-electron chi connectivity index (χ2n) is 23.8. The molecule has 0 radical (unpaired) electrons. The number of rotatable bonds is 31. The predicted molar refractivity (Wildman–Crippen MR) is 357 cm³/mol. The molecule has 3 aromatic carbocycles. The van der Waals surface area contributed by atoms with Crippen LogP contribution >= 0.6 is 23.2 Å². The fraction of sp³-hybridized carbons (Fsp3) is 0.571. The predicted octanol–water partition coefficient (Wildman–Crippen LogP) is -0.266. The molecule has 103 heavy (non-hydrogen) atoms. The quantitative estimate of drug-likeness (QED) is 0.0171. The molecule has 0 aromatic heterocycles. The number of halogens is 2. The van der Waals surface area contributed by atoms with Crippen molar-refractivity contribution in [1.29, 1.82) is 0 Å². The van der Waals surface area contributed by atoms with Gasteiger partial charge < -0.3 is 89.7 Å². The minimum absolute atomic E-state index is 0.0156. The van der Waals surface area contributed by atoms with Gasteiger partial charge in [0.15, 0.2) is 34.7 Å². The van der Waals surface area contributed by atoms with E-state index in [-0.39, 0.29) is 105 Å². The number of ether oxygens (including phenoxy) is 6. The molecule has 31 nitrogen and oxygen atoms in total. The summed E-state index contributed by atoms with van der Waals surface area (Å²) in [4.78, 5) is 172. The van der Waals surface area contributed by atoms with Gasteiger partial charge in [0.1, 0.15) is 77.2 Å². The van der Waals surface area contributed by atoms with Crippen molar-refractivity contribution in [1.82, 2.24) is 4.90 Å². The highest BCUT2D eigenvalue weighted by molar-refractivity contribution is 6.23. The number of carbonyl (C=O) groups excluding carboxylic acids is 12. The molecule has 3 aromatic rings. The highest BCUT2D eigenvalue weighted by Crippen LogP contribution is 2.52. The standard InChI is InChI=1S/C41H48O18.C27H37Cl2NO11.C2H6O/c1-5-56-38(52)28-23(18-9-13-20(43)14-10-18)29(39(53)57-6-2)34(48)26(33(28)47)25(37(51)32(46)22(45)17-42)27-35(49)30(40(54)58-7-3)24(19-11-15-21(44)16-12-19)31(36(27)50)41(55)59-8-4;1-3-40-26(38)18-17(14-5-7-15(32)8-6-14)19(27(39)41-4-2)24(36)20(23(18)35)21(30(11-9-28)12-10-29)25(37)22(34)16(33)13-31;1-2-3/h9-16,22-32,37,42-46,51H,5-8,17H2,1-4H3;5-8,16-22,25,31-34,37H,3-4,9-13H2,1-2H3;3H,2H2,1H3. The molecular formula is C70H91Cl2NO30. The first-order chi connectivity index (χ1) is 48.9. The van der Waals surface area contributed by atoms with Crippen LogP contribution < -0.4 is 0 Å². The molecule has 6 rings (SSSR count). The number of phenolic OH excluding ortho intramolecular Hbond substituents is 3. The normalized spacial score (nSPS) is 25.0. The van der Waals surface area contributed by atoms with Crippen LogP contribution in [0, 0.1) is 59.2 Å². The number of hydrogen-bond acceptors (Lipinski definition) is 31. The van der Waals surface area contributed by atoms with Crippen LogP contribution in [0.2, 0.25) is 0 Å². The highest BCUT2D eigenvalue weighted by Gasteiger charge is 2.67. The van der Waals surface area contributed by atoms with Crippen LogP contribution in [-0.4, -0.2) is 264 Å². The third kappa shape index (κ3) is 20.3. The van der Waals surface area contributed by atoms with Gasteiger partial charge in [-0.05, 0) is 102 Å². The maximum Gasteiger partial charge on any atom is 0.317 e. The van der Waals surface area contributed by atoms with Crippen LogP contribution in [0.15, 0.2) is 72.8 Å². The van der Waals surface area contributed by atoms with Gasteiger partial charge in [-0.3, -0.25) is 62.4 Å². The van der Waals surface area contributed by atoms with Crippen molar-refractivity contribution in [3.63, 3.8) is 0 Å². The third-order valence-corrected chi connectivity index (χ3v) is 18.1. The Morgan fingerprint density at radius 1 is 0.369 bits per heavy atom. The van der Waals surface area contributed by atoms with E-state index in [4.69, 9.17) is 56.7 Å². The molecule has 0 bridgehead atoms. The van der Waals surface area contributed by atoms with Crippen molar-refractivity contribution in [3.8, 4) is 17.2 Å². The van der Waals surface area contributed by atoms with Gasteiger partial charge in [0.05, 0.1) is 88.9 Å². The maximum atomic E-state index is 15.0. The average molecular weight is 1500 g/mol. The SMILES string of the molecule is CCO.CCOC(=O)C1C(=O)C(C(C(O)C(O)C(O)CO)N(CCCl)CCCl)C(=O)C(C(=O)OCC)C1c1ccc(O)cc1.CCOC(=O)C1C(=O)C(C(C2C(=O)C(C(=O)OCC)C(c3ccc(O)cc3)C(C(=O)OCC)C2=O)C(O)C(O)C(O)CO)C(=O)C(C(=O)OCC)C1c1ccc(O)cc1. The summed E-state index contributed by atoms with van der Waals surface area (Å²) in [5, 5.41) is 122. The lowest BCUT2D eigenvalue weighted by molar-refractivity contribution is -0.176. The first-order valence-electron chi connectivity index (χ1n) is 33.3. The van der Waals surface area contributed by atoms with Crippen LogP contribution in [0.25, 0.3) is 0 Å². The van der Waals surface area contributed by atoms with E-state index in [0.717, 1.165) is 24.3 Å². The molecule has 12 N–H and O–H groups in total. The lowest BCUT2D eigenvalue weighted by atomic mass is 9.54. The van der Waals surface area contributed by atoms with Crippen molar-refractivity contribution >= 4 is 93.7 Å². The van der Waals surface area contributed by atoms with E-state index >= 15 is 0 Å². The fourth-order valence-corrected chi connectivity index (χ4v) is 13.9. The Hall–Kier alpha value is -7.92. The Bertz CT molecular complexity index is 3130. The first-order valence-corrected chi connectivity index (χ1v) is 34.4. The Morgan fingerprint density at radius 3 is 0.786 bits per heavy atom. The summed E-state index contributed by atoms with van der Waals surface area (Å²) in [7, 11) is 0. The minimum atomic E-state index is -2.72. The summed E-state index contributed by atoms with van der Waals surface area (Å²) in [5.41, 5.74) is 0.168. The van der Waals surface area contributed by atoms with Crippen LogP contribution in [0.4, 0.5) is 0 Å². The van der Waals surface area contributed by atoms with E-state index in [0.29, 0.717) is 0 Å². The first kappa shape index (κ1) is 87.5. The van der Waals surface area contributed by atoms with Crippen LogP contribution in [0.5, 0.6) is 17.2 Å². The number of aromatic hydroxyl groups is 3. The molecule has 0 saturated heterocycles. The highest BCUT2D eigenvalue weighted by atomic mass is 35.5. The van der Waals surface area contributed by atoms with Gasteiger partial charge in [0.25, 0.3) is 0 Å². The molecule has 0 amide bonds. The fourth-order valence-electron chi connectivity index (χ4n) is 13.5. The lowest BCUT2D eigenvalue weighted by Crippen LogP contribution is -2.64. The van der Waals surface area contributed by atoms with Gasteiger partial charge in [-0.2, -0.15) is 0 Å². The summed E-state index contributed by atoms with van der Waals surface area (Å²) in [6, 6.07) is 13.1. The molecule has 13 unspecified atom stereocenters. The molecule has 0 spiro atoms. The number of Topliss-reactive ketones (excluding diaryl/α,β-unsaturated/α-hetero) is 6. The summed E-state index contributed by atoms with van der Waals surface area (Å²) >= 11 is 11.9. The van der Waals surface area contributed by atoms with E-state index < -0.39 is 203 Å². The molecule has 570 valence electrons. The molecule has 3 aliphatic rings. The monoisotopic (exact) mass is 1500 g/mol. The van der Waals surface area contributed by atoms with Crippen molar-refractivity contribution in [2.75, 3.05) is 84.3 Å². The van der Waals surface area contributed by atoms with Gasteiger partial charge in [-0.15, -0.1) is 23.2 Å². The average Bonchev–Trinajstić information content (AvgIpc) is 0.728. The number of phenols is 3. The smallest absolute Gasteiger partial charge is 0.317 e. The zero-order valence-corrected chi connectivity index (χ0v) is 59.1. The van der Waals surface area contributed by atoms with Gasteiger partial charge >= 0.3 is 35.8 Å². The number of aliphatic hydroxyl groups is 9. The molecule has 0 aliphatic heterocycles. The Labute approximate surface area is 602 Å². The van der Waals surface area contributed by atoms with Crippen LogP contribution in [-0.2, 0) is 86.0 Å². The number of alkyl halides is 2. The van der Waals surface area contributed by atoms with Crippen LogP contribution in [0.1, 0.15) is 82.9 Å². The van der Waals surface area contributed by atoms with Crippen molar-refractivity contribution < 1.29 is 147 Å². The molecule has 13 atom stereocenters. The summed E-state index contributed by atoms with van der Waals surface area (Å²) in [6.45, 7) is 6.61. The minimum Gasteiger partial charge on any atom is -0.508 e. The topological polar surface area (TPSA) is 506 Å². The largest absolute Gasteiger partial charge is 0.508 e. The Morgan fingerprint density at radius 2 is 0.583 bits per heavy atom. The van der Waals surface area contributed by atoms with Gasteiger partial charge in [-0.25, -0.2) is 0 Å². The number of ketones is 6. The molecular weight excluding hydrogens is 1410 g/mol. The number of hydrogen-bond donors (Lipinski definition) is 12. The summed E-state index contributed by atoms with van der Waals surface area (Å²) in [5.74, 6) is -42.2. The zero-order valence-electron chi connectivity index (χ0n) is 57.6. The summed E-state index contributed by atoms with van der Waals surface area (Å²) < 4.78 is 31.3. The number of nitrogens with zero attached hydrogens (tertiary/aromatic N) is 1. The Balaban J connectivity index is 0.000000447. The van der Waals surface area contributed by atoms with E-state index in [1.165, 1.54) is 95.0 Å². The van der Waals surface area contributed by atoms with Crippen molar-refractivity contribution in [2.45, 2.75) is 109 Å². The zero-order chi connectivity index (χ0) is 77.4. The van der Waals surface area contributed by atoms with Gasteiger partial charge in [0.2, 0.25) is 0 Å². The number of benzene rings is 3. The van der Waals surface area contributed by atoms with Crippen molar-refractivity contribution in [2.24, 2.45) is 59.2 Å². The van der Waals surface area contributed by atoms with Gasteiger partial charge in [0, 0.05) is 55.1 Å². The van der Waals surface area contributed by atoms with Crippen LogP contribution in [0.3, 0.4) is 0 Å². The maximum absolute atomic E-state index is 15.0. The second kappa shape index (κ2) is 41.5. The number of carbonyl (C=O) groups is 12. The molecule has 3 fully saturated rings. The van der Waals surface area contributed by atoms with E-state index in [2.05, 4.69) is 0 Å².